The molecule has 0 spiro atoms. The Balaban J connectivity index is 2.84. The Hall–Kier alpha value is -1.11. The van der Waals surface area contributed by atoms with Crippen molar-refractivity contribution in [3.05, 3.63) is 0 Å². The van der Waals surface area contributed by atoms with Gasteiger partial charge in [0.1, 0.15) is 0 Å². The predicted octanol–water partition coefficient (Wildman–Crippen LogP) is -0.705. The van der Waals surface area contributed by atoms with Crippen LogP contribution in [0.15, 0.2) is 0 Å². The van der Waals surface area contributed by atoms with Crippen LogP contribution in [0, 0.1) is 11.8 Å². The van der Waals surface area contributed by atoms with Gasteiger partial charge in [-0.2, -0.15) is 0 Å². The average molecular weight is 236 g/mol. The summed E-state index contributed by atoms with van der Waals surface area (Å²) in [6.07, 6.45) is 0.203. The second-order valence-electron chi connectivity index (χ2n) is 3.50. The summed E-state index contributed by atoms with van der Waals surface area (Å²) < 4.78 is 26.6. The highest BCUT2D eigenvalue weighted by atomic mass is 32.2. The number of rotatable bonds is 3. The molecule has 15 heavy (non-hydrogen) atoms. The molecule has 1 fully saturated rings. The van der Waals surface area contributed by atoms with Crippen molar-refractivity contribution in [3.63, 3.8) is 0 Å². The Morgan fingerprint density at radius 3 is 2.40 bits per heavy atom. The van der Waals surface area contributed by atoms with E-state index in [-0.39, 0.29) is 17.9 Å². The minimum atomic E-state index is -3.19. The van der Waals surface area contributed by atoms with Gasteiger partial charge in [0, 0.05) is 0 Å². The molecule has 0 saturated carbocycles. The maximum Gasteiger partial charge on any atom is 0.320 e. The zero-order chi connectivity index (χ0) is 11.6. The van der Waals surface area contributed by atoms with Crippen LogP contribution in [-0.2, 0) is 24.2 Å². The molecule has 1 saturated heterocycles. The maximum absolute atomic E-state index is 11.2. The van der Waals surface area contributed by atoms with Crippen molar-refractivity contribution >= 4 is 21.8 Å². The molecule has 1 aliphatic rings. The molecule has 1 rings (SSSR count). The van der Waals surface area contributed by atoms with Crippen molar-refractivity contribution in [2.75, 3.05) is 18.6 Å². The molecule has 0 aromatic carbocycles. The zero-order valence-corrected chi connectivity index (χ0v) is 8.99. The monoisotopic (exact) mass is 236 g/mol. The van der Waals surface area contributed by atoms with Crippen LogP contribution in [0.5, 0.6) is 0 Å². The molecule has 0 radical (unpaired) electrons. The van der Waals surface area contributed by atoms with E-state index in [1.54, 1.807) is 0 Å². The van der Waals surface area contributed by atoms with Crippen LogP contribution in [0.2, 0.25) is 0 Å². The largest absolute Gasteiger partial charge is 0.481 e. The topological polar surface area (TPSA) is 97.7 Å². The lowest BCUT2D eigenvalue weighted by Gasteiger charge is -2.15. The Morgan fingerprint density at radius 2 is 2.07 bits per heavy atom. The summed E-state index contributed by atoms with van der Waals surface area (Å²) in [5.74, 6) is -4.56. The van der Waals surface area contributed by atoms with Gasteiger partial charge in [0.25, 0.3) is 0 Å². The third-order valence-electron chi connectivity index (χ3n) is 2.46. The SMILES string of the molecule is COC(=O)C(C(=O)O)C1CCS(=O)(=O)C1. The first-order valence-corrected chi connectivity index (χ1v) is 6.20. The Bertz CT molecular complexity index is 371. The molecule has 1 aliphatic heterocycles. The van der Waals surface area contributed by atoms with Crippen molar-refractivity contribution in [2.24, 2.45) is 11.8 Å². The second-order valence-corrected chi connectivity index (χ2v) is 5.73. The standard InChI is InChI=1S/C8H12O6S/c1-14-8(11)6(7(9)10)5-2-3-15(12,13)4-5/h5-6H,2-4H2,1H3,(H,9,10). The highest BCUT2D eigenvalue weighted by molar-refractivity contribution is 7.91. The third-order valence-corrected chi connectivity index (χ3v) is 4.25. The van der Waals surface area contributed by atoms with Gasteiger partial charge in [0.15, 0.2) is 15.8 Å². The predicted molar refractivity (Wildman–Crippen MR) is 49.9 cm³/mol. The van der Waals surface area contributed by atoms with Gasteiger partial charge < -0.3 is 9.84 Å². The molecule has 7 heteroatoms. The van der Waals surface area contributed by atoms with Crippen LogP contribution in [0.25, 0.3) is 0 Å². The molecule has 2 atom stereocenters. The van der Waals surface area contributed by atoms with E-state index in [0.29, 0.717) is 0 Å². The number of carbonyl (C=O) groups excluding carboxylic acids is 1. The number of ether oxygens (including phenoxy) is 1. The summed E-state index contributed by atoms with van der Waals surface area (Å²) in [6.45, 7) is 0. The molecule has 2 unspecified atom stereocenters. The van der Waals surface area contributed by atoms with E-state index in [4.69, 9.17) is 5.11 Å². The van der Waals surface area contributed by atoms with Crippen LogP contribution in [0.1, 0.15) is 6.42 Å². The molecule has 1 N–H and O–H groups in total. The first kappa shape index (κ1) is 12.0. The lowest BCUT2D eigenvalue weighted by Crippen LogP contribution is -2.33. The minimum Gasteiger partial charge on any atom is -0.481 e. The molecule has 0 bridgehead atoms. The van der Waals surface area contributed by atoms with Crippen LogP contribution < -0.4 is 0 Å². The number of carboxylic acid groups (broad SMARTS) is 1. The number of hydrogen-bond donors (Lipinski definition) is 1. The smallest absolute Gasteiger partial charge is 0.320 e. The van der Waals surface area contributed by atoms with Crippen molar-refractivity contribution in [2.45, 2.75) is 6.42 Å². The summed E-state index contributed by atoms with van der Waals surface area (Å²) in [7, 11) is -2.10. The van der Waals surface area contributed by atoms with Gasteiger partial charge in [0.2, 0.25) is 0 Å². The lowest BCUT2D eigenvalue weighted by molar-refractivity contribution is -0.159. The van der Waals surface area contributed by atoms with E-state index in [1.165, 1.54) is 0 Å². The first-order valence-electron chi connectivity index (χ1n) is 4.38. The number of aliphatic carboxylic acids is 1. The molecule has 6 nitrogen and oxygen atoms in total. The van der Waals surface area contributed by atoms with Gasteiger partial charge in [-0.05, 0) is 12.3 Å². The molecular weight excluding hydrogens is 224 g/mol. The summed E-state index contributed by atoms with van der Waals surface area (Å²) in [5.41, 5.74) is 0. The quantitative estimate of drug-likeness (QED) is 0.513. The lowest BCUT2D eigenvalue weighted by atomic mass is 9.92. The highest BCUT2D eigenvalue weighted by Crippen LogP contribution is 2.27. The van der Waals surface area contributed by atoms with Crippen molar-refractivity contribution in [3.8, 4) is 0 Å². The summed E-state index contributed by atoms with van der Waals surface area (Å²) in [6, 6.07) is 0. The first-order chi connectivity index (χ1) is 6.87. The summed E-state index contributed by atoms with van der Waals surface area (Å²) in [4.78, 5) is 22.0. The van der Waals surface area contributed by atoms with E-state index in [0.717, 1.165) is 7.11 Å². The van der Waals surface area contributed by atoms with Gasteiger partial charge in [-0.15, -0.1) is 0 Å². The third kappa shape index (κ3) is 2.68. The van der Waals surface area contributed by atoms with E-state index in [2.05, 4.69) is 4.74 Å². The Kier molecular flexibility index (Phi) is 3.33. The number of sulfone groups is 1. The molecule has 1 heterocycles. The van der Waals surface area contributed by atoms with Crippen LogP contribution in [0.3, 0.4) is 0 Å². The van der Waals surface area contributed by atoms with E-state index >= 15 is 0 Å². The molecular formula is C8H12O6S. The highest BCUT2D eigenvalue weighted by Gasteiger charge is 2.42. The molecule has 0 aromatic rings. The van der Waals surface area contributed by atoms with Crippen LogP contribution in [-0.4, -0.2) is 44.1 Å². The summed E-state index contributed by atoms with van der Waals surface area (Å²) in [5, 5.41) is 8.81. The minimum absolute atomic E-state index is 0.0571. The van der Waals surface area contributed by atoms with Crippen molar-refractivity contribution in [1.82, 2.24) is 0 Å². The fraction of sp³-hybridized carbons (Fsp3) is 0.750. The van der Waals surface area contributed by atoms with E-state index in [1.807, 2.05) is 0 Å². The Morgan fingerprint density at radius 1 is 1.47 bits per heavy atom. The fourth-order valence-electron chi connectivity index (χ4n) is 1.71. The van der Waals surface area contributed by atoms with Gasteiger partial charge >= 0.3 is 11.9 Å². The van der Waals surface area contributed by atoms with Gasteiger partial charge in [-0.3, -0.25) is 9.59 Å². The molecule has 0 amide bonds. The molecule has 86 valence electrons. The van der Waals surface area contributed by atoms with Gasteiger partial charge in [-0.1, -0.05) is 0 Å². The van der Waals surface area contributed by atoms with Gasteiger partial charge in [0.05, 0.1) is 18.6 Å². The maximum atomic E-state index is 11.2. The summed E-state index contributed by atoms with van der Waals surface area (Å²) >= 11 is 0. The second kappa shape index (κ2) is 4.18. The normalized spacial score (nSPS) is 25.8. The number of hydrogen-bond acceptors (Lipinski definition) is 5. The number of methoxy groups -OCH3 is 1. The van der Waals surface area contributed by atoms with Crippen LogP contribution in [0.4, 0.5) is 0 Å². The van der Waals surface area contributed by atoms with Crippen LogP contribution >= 0.6 is 0 Å². The van der Waals surface area contributed by atoms with Crippen molar-refractivity contribution in [1.29, 1.82) is 0 Å². The average Bonchev–Trinajstić information content (AvgIpc) is 2.45. The molecule has 0 aliphatic carbocycles. The Labute approximate surface area is 87.1 Å². The van der Waals surface area contributed by atoms with E-state index in [9.17, 15) is 18.0 Å². The van der Waals surface area contributed by atoms with E-state index < -0.39 is 33.6 Å². The number of esters is 1. The number of carboxylic acids is 1. The molecule has 0 aromatic heterocycles. The zero-order valence-electron chi connectivity index (χ0n) is 8.17. The van der Waals surface area contributed by atoms with Gasteiger partial charge in [-0.25, -0.2) is 8.42 Å². The fourth-order valence-corrected chi connectivity index (χ4v) is 3.55. The van der Waals surface area contributed by atoms with Crippen molar-refractivity contribution < 1.29 is 27.9 Å². The number of carbonyl (C=O) groups is 2.